The highest BCUT2D eigenvalue weighted by molar-refractivity contribution is 9.10. The highest BCUT2D eigenvalue weighted by Gasteiger charge is 2.47. The van der Waals surface area contributed by atoms with Crippen LogP contribution in [-0.4, -0.2) is 58.9 Å². The van der Waals surface area contributed by atoms with Crippen molar-refractivity contribution in [1.29, 1.82) is 0 Å². The molecule has 180 valence electrons. The van der Waals surface area contributed by atoms with Crippen LogP contribution >= 0.6 is 15.9 Å². The van der Waals surface area contributed by atoms with Gasteiger partial charge in [-0.15, -0.1) is 0 Å². The predicted molar refractivity (Wildman–Crippen MR) is 133 cm³/mol. The third-order valence-corrected chi connectivity index (χ3v) is 6.60. The summed E-state index contributed by atoms with van der Waals surface area (Å²) in [6, 6.07) is 16.0. The molecule has 0 radical (unpaired) electrons. The third kappa shape index (κ3) is 4.05. The van der Waals surface area contributed by atoms with Crippen LogP contribution in [-0.2, 0) is 14.3 Å². The topological polar surface area (TPSA) is 88.9 Å². The van der Waals surface area contributed by atoms with Crippen molar-refractivity contribution >= 4 is 39.7 Å². The highest BCUT2D eigenvalue weighted by atomic mass is 79.9. The normalized spacial score (nSPS) is 14.6. The second kappa shape index (κ2) is 9.50. The number of carbonyl (C=O) groups excluding carboxylic acids is 4. The minimum atomic E-state index is -1.40. The van der Waals surface area contributed by atoms with Gasteiger partial charge in [-0.3, -0.25) is 19.4 Å². The van der Waals surface area contributed by atoms with Gasteiger partial charge in [0, 0.05) is 35.5 Å². The number of barbiturate groups is 1. The first kappa shape index (κ1) is 24.4. The lowest BCUT2D eigenvalue weighted by Gasteiger charge is -2.33. The lowest BCUT2D eigenvalue weighted by atomic mass is 9.88. The fourth-order valence-electron chi connectivity index (χ4n) is 4.40. The van der Waals surface area contributed by atoms with Crippen molar-refractivity contribution in [2.24, 2.45) is 0 Å². The molecular weight excluding hydrogens is 514 g/mol. The molecule has 1 fully saturated rings. The van der Waals surface area contributed by atoms with E-state index < -0.39 is 29.7 Å². The van der Waals surface area contributed by atoms with Gasteiger partial charge in [-0.25, -0.2) is 9.59 Å². The molecule has 0 atom stereocenters. The van der Waals surface area contributed by atoms with Crippen molar-refractivity contribution < 1.29 is 23.9 Å². The van der Waals surface area contributed by atoms with E-state index in [0.29, 0.717) is 17.0 Å². The van der Waals surface area contributed by atoms with Crippen LogP contribution in [0, 0.1) is 6.92 Å². The largest absolute Gasteiger partial charge is 0.462 e. The highest BCUT2D eigenvalue weighted by Crippen LogP contribution is 2.41. The Bertz CT molecular complexity index is 1310. The molecular formula is C26H24BrN3O5. The average Bonchev–Trinajstić information content (AvgIpc) is 3.15. The molecule has 1 aromatic heterocycles. The molecule has 0 unspecified atom stereocenters. The van der Waals surface area contributed by atoms with Gasteiger partial charge in [-0.05, 0) is 43.7 Å². The maximum Gasteiger partial charge on any atom is 0.340 e. The number of nitrogens with zero attached hydrogens (tertiary/aromatic N) is 3. The van der Waals surface area contributed by atoms with E-state index in [1.165, 1.54) is 14.1 Å². The van der Waals surface area contributed by atoms with Crippen LogP contribution in [0.25, 0.3) is 16.9 Å². The number of hydrogen-bond donors (Lipinski definition) is 0. The number of urea groups is 1. The summed E-state index contributed by atoms with van der Waals surface area (Å²) >= 11 is 3.44. The van der Waals surface area contributed by atoms with E-state index in [1.54, 1.807) is 13.8 Å². The maximum absolute atomic E-state index is 13.4. The second-order valence-corrected chi connectivity index (χ2v) is 9.05. The summed E-state index contributed by atoms with van der Waals surface area (Å²) in [6.07, 6.45) is 0. The summed E-state index contributed by atoms with van der Waals surface area (Å²) in [5.74, 6) is -3.44. The summed E-state index contributed by atoms with van der Waals surface area (Å²) in [7, 11) is 2.65. The van der Waals surface area contributed by atoms with Gasteiger partial charge in [0.15, 0.2) is 0 Å². The number of aromatic nitrogens is 1. The van der Waals surface area contributed by atoms with Crippen molar-refractivity contribution in [3.63, 3.8) is 0 Å². The smallest absolute Gasteiger partial charge is 0.340 e. The molecule has 2 heterocycles. The van der Waals surface area contributed by atoms with Crippen LogP contribution < -0.4 is 0 Å². The number of ether oxygens (including phenoxy) is 1. The van der Waals surface area contributed by atoms with Crippen LogP contribution in [0.3, 0.4) is 0 Å². The first-order chi connectivity index (χ1) is 16.7. The molecule has 0 spiro atoms. The van der Waals surface area contributed by atoms with Gasteiger partial charge >= 0.3 is 12.0 Å². The predicted octanol–water partition coefficient (Wildman–Crippen LogP) is 4.53. The average molecular weight is 538 g/mol. The summed E-state index contributed by atoms with van der Waals surface area (Å²) < 4.78 is 8.09. The summed E-state index contributed by atoms with van der Waals surface area (Å²) in [4.78, 5) is 54.3. The zero-order chi connectivity index (χ0) is 25.4. The minimum absolute atomic E-state index is 0.118. The van der Waals surface area contributed by atoms with Gasteiger partial charge in [0.25, 0.3) is 0 Å². The van der Waals surface area contributed by atoms with E-state index >= 15 is 0 Å². The van der Waals surface area contributed by atoms with Crippen molar-refractivity contribution in [3.8, 4) is 16.9 Å². The number of rotatable bonds is 5. The Morgan fingerprint density at radius 2 is 1.51 bits per heavy atom. The fourth-order valence-corrected chi connectivity index (χ4v) is 4.67. The van der Waals surface area contributed by atoms with Crippen molar-refractivity contribution in [3.05, 3.63) is 75.9 Å². The quantitative estimate of drug-likeness (QED) is 0.352. The standard InChI is InChI=1S/C26H24BrN3O5/c1-5-35-25(33)19-15(2)30(18-13-11-17(27)12-14-18)22(16-9-7-6-8-10-16)20(19)21-23(31)28(3)26(34)29(4)24(21)32/h6-14,21H,5H2,1-4H3. The van der Waals surface area contributed by atoms with Gasteiger partial charge < -0.3 is 9.30 Å². The molecule has 9 heteroatoms. The first-order valence-corrected chi connectivity index (χ1v) is 11.8. The Hall–Kier alpha value is -3.72. The Labute approximate surface area is 211 Å². The lowest BCUT2D eigenvalue weighted by molar-refractivity contribution is -0.143. The fraction of sp³-hybridized carbons (Fsp3) is 0.231. The molecule has 35 heavy (non-hydrogen) atoms. The Kier molecular flexibility index (Phi) is 6.62. The van der Waals surface area contributed by atoms with Crippen LogP contribution in [0.2, 0.25) is 0 Å². The van der Waals surface area contributed by atoms with Crippen LogP contribution in [0.15, 0.2) is 59.1 Å². The number of hydrogen-bond acceptors (Lipinski definition) is 5. The summed E-state index contributed by atoms with van der Waals surface area (Å²) in [6.45, 7) is 3.56. The molecule has 1 aliphatic heterocycles. The van der Waals surface area contributed by atoms with E-state index in [4.69, 9.17) is 4.74 Å². The summed E-state index contributed by atoms with van der Waals surface area (Å²) in [5, 5.41) is 0. The Morgan fingerprint density at radius 1 is 0.943 bits per heavy atom. The van der Waals surface area contributed by atoms with E-state index in [1.807, 2.05) is 59.2 Å². The molecule has 1 aliphatic rings. The molecule has 0 bridgehead atoms. The van der Waals surface area contributed by atoms with Crippen molar-refractivity contribution in [2.75, 3.05) is 20.7 Å². The van der Waals surface area contributed by atoms with Gasteiger partial charge in [-0.1, -0.05) is 46.3 Å². The van der Waals surface area contributed by atoms with Gasteiger partial charge in [0.05, 0.1) is 17.9 Å². The van der Waals surface area contributed by atoms with Crippen molar-refractivity contribution in [1.82, 2.24) is 14.4 Å². The second-order valence-electron chi connectivity index (χ2n) is 8.13. The maximum atomic E-state index is 13.4. The number of amides is 4. The molecule has 0 aliphatic carbocycles. The monoisotopic (exact) mass is 537 g/mol. The van der Waals surface area contributed by atoms with E-state index in [9.17, 15) is 19.2 Å². The number of halogens is 1. The van der Waals surface area contributed by atoms with Gasteiger partial charge in [-0.2, -0.15) is 0 Å². The third-order valence-electron chi connectivity index (χ3n) is 6.07. The van der Waals surface area contributed by atoms with Crippen molar-refractivity contribution in [2.45, 2.75) is 19.8 Å². The summed E-state index contributed by atoms with van der Waals surface area (Å²) in [5.41, 5.74) is 2.81. The lowest BCUT2D eigenvalue weighted by Crippen LogP contribution is -2.56. The number of imide groups is 2. The molecule has 4 amide bonds. The van der Waals surface area contributed by atoms with E-state index in [0.717, 1.165) is 20.0 Å². The number of benzene rings is 2. The Balaban J connectivity index is 2.13. The first-order valence-electron chi connectivity index (χ1n) is 11.0. The van der Waals surface area contributed by atoms with E-state index in [-0.39, 0.29) is 17.7 Å². The van der Waals surface area contributed by atoms with Crippen LogP contribution in [0.5, 0.6) is 0 Å². The van der Waals surface area contributed by atoms with Gasteiger partial charge in [0.2, 0.25) is 11.8 Å². The molecule has 1 saturated heterocycles. The van der Waals surface area contributed by atoms with Crippen LogP contribution in [0.4, 0.5) is 4.79 Å². The van der Waals surface area contributed by atoms with Crippen LogP contribution in [0.1, 0.15) is 34.5 Å². The Morgan fingerprint density at radius 3 is 2.06 bits per heavy atom. The molecule has 8 nitrogen and oxygen atoms in total. The zero-order valence-corrected chi connectivity index (χ0v) is 21.3. The molecule has 2 aromatic carbocycles. The number of carbonyl (C=O) groups is 4. The molecule has 3 aromatic rings. The number of esters is 1. The van der Waals surface area contributed by atoms with Gasteiger partial charge in [0.1, 0.15) is 5.92 Å². The van der Waals surface area contributed by atoms with E-state index in [2.05, 4.69) is 15.9 Å². The molecule has 0 saturated carbocycles. The molecule has 4 rings (SSSR count). The number of likely N-dealkylation sites (N-methyl/N-ethyl adjacent to an activating group) is 2. The molecule has 0 N–H and O–H groups in total. The SMILES string of the molecule is CCOC(=O)c1c(C2C(=O)N(C)C(=O)N(C)C2=O)c(-c2ccccc2)n(-c2ccc(Br)cc2)c1C. The minimum Gasteiger partial charge on any atom is -0.462 e. The zero-order valence-electron chi connectivity index (χ0n) is 19.7.